The Kier molecular flexibility index (Phi) is 3.19. The Morgan fingerprint density at radius 1 is 1.08 bits per heavy atom. The number of rotatable bonds is 3. The van der Waals surface area contributed by atoms with Crippen molar-refractivity contribution in [1.82, 2.24) is 0 Å². The first-order chi connectivity index (χ1) is 5.77. The Hall–Kier alpha value is -0.930. The van der Waals surface area contributed by atoms with Crippen molar-refractivity contribution in [2.45, 2.75) is 6.29 Å². The van der Waals surface area contributed by atoms with Gasteiger partial charge in [-0.1, -0.05) is 12.1 Å². The Labute approximate surface area is 70.9 Å². The second-order valence-corrected chi connectivity index (χ2v) is 2.35. The van der Waals surface area contributed by atoms with Crippen molar-refractivity contribution in [3.63, 3.8) is 0 Å². The van der Waals surface area contributed by atoms with Gasteiger partial charge in [-0.25, -0.2) is 4.39 Å². The minimum Gasteiger partial charge on any atom is -0.352 e. The standard InChI is InChI=1S/C9H11FO2/c1-11-9(12-2)7-3-5-8(10)6-4-7/h3-6,9H,1-2H3. The highest BCUT2D eigenvalue weighted by Crippen LogP contribution is 2.16. The summed E-state index contributed by atoms with van der Waals surface area (Å²) in [7, 11) is 3.08. The predicted octanol–water partition coefficient (Wildman–Crippen LogP) is 2.12. The molecule has 1 rings (SSSR count). The van der Waals surface area contributed by atoms with Crippen LogP contribution < -0.4 is 0 Å². The highest BCUT2D eigenvalue weighted by atomic mass is 19.1. The van der Waals surface area contributed by atoms with Gasteiger partial charge in [0, 0.05) is 19.8 Å². The average molecular weight is 170 g/mol. The van der Waals surface area contributed by atoms with Crippen LogP contribution in [-0.4, -0.2) is 14.2 Å². The van der Waals surface area contributed by atoms with Gasteiger partial charge in [-0.15, -0.1) is 0 Å². The first kappa shape index (κ1) is 9.16. The fourth-order valence-electron chi connectivity index (χ4n) is 0.988. The molecule has 0 amide bonds. The molecule has 0 heterocycles. The van der Waals surface area contributed by atoms with E-state index in [4.69, 9.17) is 9.47 Å². The van der Waals surface area contributed by atoms with E-state index in [1.807, 2.05) is 0 Å². The SMILES string of the molecule is COC(OC)c1ccc(F)cc1. The molecule has 0 aliphatic rings. The van der Waals surface area contributed by atoms with E-state index in [0.29, 0.717) is 0 Å². The molecule has 1 aromatic rings. The first-order valence-corrected chi connectivity index (χ1v) is 3.59. The lowest BCUT2D eigenvalue weighted by Crippen LogP contribution is -2.03. The van der Waals surface area contributed by atoms with Crippen LogP contribution in [-0.2, 0) is 9.47 Å². The lowest BCUT2D eigenvalue weighted by atomic mass is 10.2. The van der Waals surface area contributed by atoms with Crippen molar-refractivity contribution in [2.24, 2.45) is 0 Å². The van der Waals surface area contributed by atoms with Gasteiger partial charge < -0.3 is 9.47 Å². The summed E-state index contributed by atoms with van der Waals surface area (Å²) in [5.74, 6) is -0.260. The molecule has 0 radical (unpaired) electrons. The third-order valence-corrected chi connectivity index (χ3v) is 1.57. The third kappa shape index (κ3) is 2.03. The van der Waals surface area contributed by atoms with Gasteiger partial charge in [0.2, 0.25) is 0 Å². The molecule has 1 aromatic carbocycles. The van der Waals surface area contributed by atoms with E-state index in [9.17, 15) is 4.39 Å². The van der Waals surface area contributed by atoms with Gasteiger partial charge in [0.1, 0.15) is 5.82 Å². The highest BCUT2D eigenvalue weighted by Gasteiger charge is 2.07. The molecule has 0 saturated carbocycles. The molecule has 0 spiro atoms. The number of benzene rings is 1. The number of ether oxygens (including phenoxy) is 2. The summed E-state index contributed by atoms with van der Waals surface area (Å²) in [5, 5.41) is 0. The summed E-state index contributed by atoms with van der Waals surface area (Å²) < 4.78 is 22.4. The molecule has 12 heavy (non-hydrogen) atoms. The van der Waals surface area contributed by atoms with Crippen LogP contribution in [0.15, 0.2) is 24.3 Å². The molecule has 0 bridgehead atoms. The van der Waals surface area contributed by atoms with Gasteiger partial charge in [0.05, 0.1) is 0 Å². The molecule has 0 aliphatic heterocycles. The zero-order valence-corrected chi connectivity index (χ0v) is 7.08. The normalized spacial score (nSPS) is 10.7. The first-order valence-electron chi connectivity index (χ1n) is 3.59. The van der Waals surface area contributed by atoms with E-state index in [2.05, 4.69) is 0 Å². The van der Waals surface area contributed by atoms with E-state index >= 15 is 0 Å². The molecule has 2 nitrogen and oxygen atoms in total. The lowest BCUT2D eigenvalue weighted by Gasteiger charge is -2.12. The minimum atomic E-state index is -0.411. The molecular weight excluding hydrogens is 159 g/mol. The van der Waals surface area contributed by atoms with Crippen LogP contribution in [0.25, 0.3) is 0 Å². The van der Waals surface area contributed by atoms with E-state index in [1.165, 1.54) is 26.4 Å². The highest BCUT2D eigenvalue weighted by molar-refractivity contribution is 5.17. The topological polar surface area (TPSA) is 18.5 Å². The summed E-state index contributed by atoms with van der Waals surface area (Å²) in [5.41, 5.74) is 0.807. The monoisotopic (exact) mass is 170 g/mol. The van der Waals surface area contributed by atoms with Crippen molar-refractivity contribution in [3.05, 3.63) is 35.6 Å². The van der Waals surface area contributed by atoms with Crippen molar-refractivity contribution in [3.8, 4) is 0 Å². The molecular formula is C9H11FO2. The molecule has 0 fully saturated rings. The van der Waals surface area contributed by atoms with Crippen LogP contribution in [0, 0.1) is 5.82 Å². The van der Waals surface area contributed by atoms with E-state index in [0.717, 1.165) is 5.56 Å². The maximum Gasteiger partial charge on any atom is 0.183 e. The fourth-order valence-corrected chi connectivity index (χ4v) is 0.988. The third-order valence-electron chi connectivity index (χ3n) is 1.57. The van der Waals surface area contributed by atoms with E-state index in [-0.39, 0.29) is 5.82 Å². The van der Waals surface area contributed by atoms with Gasteiger partial charge in [-0.3, -0.25) is 0 Å². The van der Waals surface area contributed by atoms with E-state index in [1.54, 1.807) is 12.1 Å². The number of methoxy groups -OCH3 is 2. The Morgan fingerprint density at radius 3 is 2.00 bits per heavy atom. The van der Waals surface area contributed by atoms with Gasteiger partial charge >= 0.3 is 0 Å². The number of hydrogen-bond donors (Lipinski definition) is 0. The second-order valence-electron chi connectivity index (χ2n) is 2.35. The molecule has 0 aliphatic carbocycles. The van der Waals surface area contributed by atoms with Crippen molar-refractivity contribution < 1.29 is 13.9 Å². The Bertz CT molecular complexity index is 229. The zero-order valence-electron chi connectivity index (χ0n) is 7.08. The van der Waals surface area contributed by atoms with Crippen LogP contribution in [0.1, 0.15) is 11.9 Å². The molecule has 3 heteroatoms. The van der Waals surface area contributed by atoms with Crippen LogP contribution in [0.5, 0.6) is 0 Å². The van der Waals surface area contributed by atoms with Gasteiger partial charge in [0.15, 0.2) is 6.29 Å². The molecule has 0 saturated heterocycles. The van der Waals surface area contributed by atoms with Crippen molar-refractivity contribution >= 4 is 0 Å². The largest absolute Gasteiger partial charge is 0.352 e. The van der Waals surface area contributed by atoms with Crippen molar-refractivity contribution in [2.75, 3.05) is 14.2 Å². The molecule has 0 atom stereocenters. The maximum absolute atomic E-state index is 12.5. The number of hydrogen-bond acceptors (Lipinski definition) is 2. The summed E-state index contributed by atoms with van der Waals surface area (Å²) in [6.45, 7) is 0. The summed E-state index contributed by atoms with van der Waals surface area (Å²) in [6.07, 6.45) is -0.411. The average Bonchev–Trinajstić information content (AvgIpc) is 2.10. The van der Waals surface area contributed by atoms with E-state index < -0.39 is 6.29 Å². The van der Waals surface area contributed by atoms with Crippen LogP contribution in [0.3, 0.4) is 0 Å². The Balaban J connectivity index is 2.80. The molecule has 66 valence electrons. The fraction of sp³-hybridized carbons (Fsp3) is 0.333. The lowest BCUT2D eigenvalue weighted by molar-refractivity contribution is -0.106. The molecule has 0 aromatic heterocycles. The summed E-state index contributed by atoms with van der Waals surface area (Å²) >= 11 is 0. The number of halogens is 1. The summed E-state index contributed by atoms with van der Waals surface area (Å²) in [6, 6.07) is 6.01. The smallest absolute Gasteiger partial charge is 0.183 e. The quantitative estimate of drug-likeness (QED) is 0.647. The predicted molar refractivity (Wildman–Crippen MR) is 43.2 cm³/mol. The zero-order chi connectivity index (χ0) is 8.97. The molecule has 0 N–H and O–H groups in total. The van der Waals surface area contributed by atoms with Gasteiger partial charge in [-0.05, 0) is 12.1 Å². The van der Waals surface area contributed by atoms with Crippen molar-refractivity contribution in [1.29, 1.82) is 0 Å². The van der Waals surface area contributed by atoms with Crippen LogP contribution in [0.4, 0.5) is 4.39 Å². The van der Waals surface area contributed by atoms with Crippen LogP contribution in [0.2, 0.25) is 0 Å². The van der Waals surface area contributed by atoms with Crippen LogP contribution >= 0.6 is 0 Å². The minimum absolute atomic E-state index is 0.260. The van der Waals surface area contributed by atoms with Gasteiger partial charge in [-0.2, -0.15) is 0 Å². The van der Waals surface area contributed by atoms with Gasteiger partial charge in [0.25, 0.3) is 0 Å². The second kappa shape index (κ2) is 4.18. The summed E-state index contributed by atoms with van der Waals surface area (Å²) in [4.78, 5) is 0. The maximum atomic E-state index is 12.5. The Morgan fingerprint density at radius 2 is 1.58 bits per heavy atom. The molecule has 0 unspecified atom stereocenters.